The Bertz CT molecular complexity index is 1030. The van der Waals surface area contributed by atoms with Crippen LogP contribution < -0.4 is 15.0 Å². The summed E-state index contributed by atoms with van der Waals surface area (Å²) in [7, 11) is 1.67. The Hall–Kier alpha value is -3.12. The molecule has 160 valence electrons. The van der Waals surface area contributed by atoms with Gasteiger partial charge in [-0.2, -0.15) is 0 Å². The maximum Gasteiger partial charge on any atom is 0.135 e. The van der Waals surface area contributed by atoms with Crippen LogP contribution >= 0.6 is 0 Å². The molecule has 5 rings (SSSR count). The summed E-state index contributed by atoms with van der Waals surface area (Å²) in [5.74, 6) is 2.61. The number of nitrogens with one attached hydrogen (secondary N) is 1. The average Bonchev–Trinajstić information content (AvgIpc) is 2.84. The van der Waals surface area contributed by atoms with Crippen LogP contribution in [0.15, 0.2) is 60.9 Å². The number of anilines is 3. The molecule has 3 heterocycles. The number of piperidine rings is 1. The first kappa shape index (κ1) is 19.8. The van der Waals surface area contributed by atoms with Crippen LogP contribution in [0.1, 0.15) is 24.0 Å². The Labute approximate surface area is 183 Å². The van der Waals surface area contributed by atoms with Crippen molar-refractivity contribution >= 4 is 17.3 Å². The molecule has 2 aliphatic heterocycles. The van der Waals surface area contributed by atoms with Crippen molar-refractivity contribution in [2.45, 2.75) is 31.8 Å². The average molecular weight is 416 g/mol. The lowest BCUT2D eigenvalue weighted by Crippen LogP contribution is -2.46. The molecular weight excluding hydrogens is 386 g/mol. The highest BCUT2D eigenvalue weighted by atomic mass is 16.5. The molecule has 1 saturated heterocycles. The van der Waals surface area contributed by atoms with E-state index in [0.29, 0.717) is 6.04 Å². The highest BCUT2D eigenvalue weighted by molar-refractivity contribution is 5.60. The van der Waals surface area contributed by atoms with Gasteiger partial charge in [-0.1, -0.05) is 30.3 Å². The summed E-state index contributed by atoms with van der Waals surface area (Å²) in [5, 5.41) is 3.36. The summed E-state index contributed by atoms with van der Waals surface area (Å²) in [6.07, 6.45) is 5.16. The minimum Gasteiger partial charge on any atom is -0.497 e. The van der Waals surface area contributed by atoms with Crippen LogP contribution in [-0.4, -0.2) is 47.7 Å². The number of benzene rings is 2. The van der Waals surface area contributed by atoms with Crippen LogP contribution in [0.5, 0.6) is 5.75 Å². The fraction of sp³-hybridized carbons (Fsp3) is 0.360. The number of nitrogens with zero attached hydrogens (tertiary/aromatic N) is 4. The van der Waals surface area contributed by atoms with E-state index in [1.807, 2.05) is 30.3 Å². The van der Waals surface area contributed by atoms with Gasteiger partial charge < -0.3 is 15.0 Å². The van der Waals surface area contributed by atoms with Crippen LogP contribution in [0.25, 0.3) is 0 Å². The number of hydrogen-bond donors (Lipinski definition) is 1. The molecule has 0 radical (unpaired) electrons. The molecule has 1 N–H and O–H groups in total. The van der Waals surface area contributed by atoms with E-state index in [0.717, 1.165) is 42.7 Å². The summed E-state index contributed by atoms with van der Waals surface area (Å²) in [4.78, 5) is 14.0. The van der Waals surface area contributed by atoms with Crippen molar-refractivity contribution in [3.05, 3.63) is 72.1 Å². The molecule has 2 aromatic carbocycles. The molecule has 0 atom stereocenters. The van der Waals surface area contributed by atoms with Crippen molar-refractivity contribution in [1.82, 2.24) is 14.9 Å². The van der Waals surface area contributed by atoms with E-state index in [4.69, 9.17) is 4.74 Å². The van der Waals surface area contributed by atoms with Gasteiger partial charge in [0.2, 0.25) is 0 Å². The molecule has 1 aromatic heterocycles. The Morgan fingerprint density at radius 3 is 2.61 bits per heavy atom. The Morgan fingerprint density at radius 1 is 0.935 bits per heavy atom. The molecule has 0 bridgehead atoms. The lowest BCUT2D eigenvalue weighted by molar-refractivity contribution is 0.153. The number of aromatic nitrogens is 2. The minimum absolute atomic E-state index is 0.654. The Morgan fingerprint density at radius 2 is 1.77 bits per heavy atom. The molecule has 3 aromatic rings. The predicted molar refractivity (Wildman–Crippen MR) is 124 cm³/mol. The lowest BCUT2D eigenvalue weighted by atomic mass is 9.95. The third-order valence-electron chi connectivity index (χ3n) is 6.46. The normalized spacial score (nSPS) is 17.3. The monoisotopic (exact) mass is 415 g/mol. The summed E-state index contributed by atoms with van der Waals surface area (Å²) in [6, 6.07) is 19.4. The standard InChI is InChI=1S/C25H29N5O/c1-31-23-8-4-7-21(15-23)28-24-16-25(27-18-26-24)29-13-10-22(11-14-29)30-12-9-19-5-2-3-6-20(19)17-30/h2-8,15-16,18,22H,9-14,17H2,1H3,(H,26,27,28). The van der Waals surface area contributed by atoms with E-state index in [-0.39, 0.29) is 0 Å². The summed E-state index contributed by atoms with van der Waals surface area (Å²) in [5.41, 5.74) is 3.97. The molecule has 2 aliphatic rings. The second-order valence-electron chi connectivity index (χ2n) is 8.33. The fourth-order valence-electron chi connectivity index (χ4n) is 4.73. The van der Waals surface area contributed by atoms with Gasteiger partial charge in [0.05, 0.1) is 7.11 Å². The summed E-state index contributed by atoms with van der Waals surface area (Å²) < 4.78 is 5.31. The van der Waals surface area contributed by atoms with E-state index in [1.165, 1.54) is 36.9 Å². The van der Waals surface area contributed by atoms with Crippen molar-refractivity contribution in [3.8, 4) is 5.75 Å². The molecule has 0 unspecified atom stereocenters. The molecule has 0 amide bonds. The number of methoxy groups -OCH3 is 1. The quantitative estimate of drug-likeness (QED) is 0.672. The first-order chi connectivity index (χ1) is 15.3. The van der Waals surface area contributed by atoms with E-state index in [2.05, 4.69) is 49.4 Å². The highest BCUT2D eigenvalue weighted by Gasteiger charge is 2.27. The van der Waals surface area contributed by atoms with E-state index in [1.54, 1.807) is 13.4 Å². The second kappa shape index (κ2) is 8.94. The zero-order valence-electron chi connectivity index (χ0n) is 18.0. The number of ether oxygens (including phenoxy) is 1. The van der Waals surface area contributed by atoms with Gasteiger partial charge in [0, 0.05) is 50.0 Å². The van der Waals surface area contributed by atoms with Crippen LogP contribution in [0.4, 0.5) is 17.3 Å². The fourth-order valence-corrected chi connectivity index (χ4v) is 4.73. The van der Waals surface area contributed by atoms with Gasteiger partial charge >= 0.3 is 0 Å². The predicted octanol–water partition coefficient (Wildman–Crippen LogP) is 4.26. The zero-order valence-corrected chi connectivity index (χ0v) is 18.0. The van der Waals surface area contributed by atoms with Gasteiger partial charge in [-0.3, -0.25) is 4.90 Å². The summed E-state index contributed by atoms with van der Waals surface area (Å²) >= 11 is 0. The molecule has 0 spiro atoms. The van der Waals surface area contributed by atoms with Crippen molar-refractivity contribution < 1.29 is 4.74 Å². The van der Waals surface area contributed by atoms with Crippen molar-refractivity contribution in [1.29, 1.82) is 0 Å². The van der Waals surface area contributed by atoms with Crippen LogP contribution in [0.2, 0.25) is 0 Å². The number of fused-ring (bicyclic) bond motifs is 1. The Kier molecular flexibility index (Phi) is 5.71. The van der Waals surface area contributed by atoms with Crippen molar-refractivity contribution in [2.24, 2.45) is 0 Å². The van der Waals surface area contributed by atoms with Crippen molar-refractivity contribution in [3.63, 3.8) is 0 Å². The largest absolute Gasteiger partial charge is 0.497 e. The van der Waals surface area contributed by atoms with Crippen LogP contribution in [0, 0.1) is 0 Å². The molecule has 6 heteroatoms. The zero-order chi connectivity index (χ0) is 21.0. The first-order valence-corrected chi connectivity index (χ1v) is 11.1. The third-order valence-corrected chi connectivity index (χ3v) is 6.46. The second-order valence-corrected chi connectivity index (χ2v) is 8.33. The van der Waals surface area contributed by atoms with E-state index in [9.17, 15) is 0 Å². The Balaban J connectivity index is 1.20. The summed E-state index contributed by atoms with van der Waals surface area (Å²) in [6.45, 7) is 4.31. The molecule has 31 heavy (non-hydrogen) atoms. The smallest absolute Gasteiger partial charge is 0.135 e. The maximum absolute atomic E-state index is 5.31. The lowest BCUT2D eigenvalue weighted by Gasteiger charge is -2.41. The SMILES string of the molecule is COc1cccc(Nc2cc(N3CCC(N4CCc5ccccc5C4)CC3)ncn2)c1. The topological polar surface area (TPSA) is 53.5 Å². The molecule has 0 saturated carbocycles. The maximum atomic E-state index is 5.31. The van der Waals surface area contributed by atoms with E-state index < -0.39 is 0 Å². The van der Waals surface area contributed by atoms with Gasteiger partial charge in [-0.25, -0.2) is 9.97 Å². The van der Waals surface area contributed by atoms with Crippen molar-refractivity contribution in [2.75, 3.05) is 37.0 Å². The van der Waals surface area contributed by atoms with Crippen LogP contribution in [0.3, 0.4) is 0 Å². The molecule has 6 nitrogen and oxygen atoms in total. The molecular formula is C25H29N5O. The van der Waals surface area contributed by atoms with Gasteiger partial charge in [-0.05, 0) is 42.5 Å². The highest BCUT2D eigenvalue weighted by Crippen LogP contribution is 2.27. The molecule has 0 aliphatic carbocycles. The van der Waals surface area contributed by atoms with E-state index >= 15 is 0 Å². The molecule has 1 fully saturated rings. The van der Waals surface area contributed by atoms with Gasteiger partial charge in [-0.15, -0.1) is 0 Å². The first-order valence-electron chi connectivity index (χ1n) is 11.1. The minimum atomic E-state index is 0.654. The van der Waals surface area contributed by atoms with Gasteiger partial charge in [0.15, 0.2) is 0 Å². The van der Waals surface area contributed by atoms with Gasteiger partial charge in [0.1, 0.15) is 23.7 Å². The number of rotatable bonds is 5. The number of hydrogen-bond acceptors (Lipinski definition) is 6. The van der Waals surface area contributed by atoms with Crippen LogP contribution in [-0.2, 0) is 13.0 Å². The third kappa shape index (κ3) is 4.49. The van der Waals surface area contributed by atoms with Gasteiger partial charge in [0.25, 0.3) is 0 Å².